The monoisotopic (exact) mass is 461 g/mol. The SMILES string of the molecule is COc1ccc(Cl)cc1C(=O)Nc1cccc(CNC(=O)CCNC(=O)OC(C)(C)C)c1. The number of alkyl carbamates (subject to hydrolysis) is 1. The quantitative estimate of drug-likeness (QED) is 0.548. The first-order valence-corrected chi connectivity index (χ1v) is 10.4. The van der Waals surface area contributed by atoms with Crippen molar-refractivity contribution < 1.29 is 23.9 Å². The molecule has 172 valence electrons. The van der Waals surface area contributed by atoms with E-state index in [0.717, 1.165) is 5.56 Å². The van der Waals surface area contributed by atoms with E-state index in [1.807, 2.05) is 6.07 Å². The number of hydrogen-bond donors (Lipinski definition) is 3. The first-order valence-electron chi connectivity index (χ1n) is 10.0. The maximum atomic E-state index is 12.6. The standard InChI is InChI=1S/C23H28ClN3O5/c1-23(2,3)32-22(30)25-11-10-20(28)26-14-15-6-5-7-17(12-15)27-21(29)18-13-16(24)8-9-19(18)31-4/h5-9,12-13H,10-11,14H2,1-4H3,(H,25,30)(H,26,28)(H,27,29). The topological polar surface area (TPSA) is 106 Å². The number of hydrogen-bond acceptors (Lipinski definition) is 5. The molecule has 0 atom stereocenters. The third-order valence-corrected chi connectivity index (χ3v) is 4.34. The van der Waals surface area contributed by atoms with E-state index >= 15 is 0 Å². The van der Waals surface area contributed by atoms with Crippen LogP contribution in [0.25, 0.3) is 0 Å². The highest BCUT2D eigenvalue weighted by atomic mass is 35.5. The lowest BCUT2D eigenvalue weighted by atomic mass is 10.1. The lowest BCUT2D eigenvalue weighted by molar-refractivity contribution is -0.121. The number of methoxy groups -OCH3 is 1. The zero-order valence-electron chi connectivity index (χ0n) is 18.6. The third kappa shape index (κ3) is 8.47. The number of rotatable bonds is 8. The summed E-state index contributed by atoms with van der Waals surface area (Å²) in [6.07, 6.45) is -0.449. The highest BCUT2D eigenvalue weighted by molar-refractivity contribution is 6.31. The summed E-state index contributed by atoms with van der Waals surface area (Å²) in [5.74, 6) is -0.173. The average Bonchev–Trinajstić information content (AvgIpc) is 2.71. The summed E-state index contributed by atoms with van der Waals surface area (Å²) >= 11 is 5.99. The summed E-state index contributed by atoms with van der Waals surface area (Å²) in [4.78, 5) is 36.2. The van der Waals surface area contributed by atoms with Gasteiger partial charge >= 0.3 is 6.09 Å². The van der Waals surface area contributed by atoms with Crippen LogP contribution in [0, 0.1) is 0 Å². The molecule has 3 amide bonds. The van der Waals surface area contributed by atoms with Gasteiger partial charge in [0.05, 0.1) is 12.7 Å². The van der Waals surface area contributed by atoms with Crippen LogP contribution >= 0.6 is 11.6 Å². The summed E-state index contributed by atoms with van der Waals surface area (Å²) in [5.41, 5.74) is 1.09. The molecule has 0 heterocycles. The highest BCUT2D eigenvalue weighted by Crippen LogP contribution is 2.24. The van der Waals surface area contributed by atoms with Gasteiger partial charge < -0.3 is 25.4 Å². The van der Waals surface area contributed by atoms with E-state index < -0.39 is 11.7 Å². The van der Waals surface area contributed by atoms with Crippen LogP contribution in [0.2, 0.25) is 5.02 Å². The Kier molecular flexibility index (Phi) is 8.90. The van der Waals surface area contributed by atoms with Gasteiger partial charge in [-0.1, -0.05) is 23.7 Å². The van der Waals surface area contributed by atoms with Crippen LogP contribution in [0.1, 0.15) is 43.1 Å². The molecule has 32 heavy (non-hydrogen) atoms. The van der Waals surface area contributed by atoms with Crippen molar-refractivity contribution in [3.05, 3.63) is 58.6 Å². The van der Waals surface area contributed by atoms with E-state index in [4.69, 9.17) is 21.1 Å². The van der Waals surface area contributed by atoms with E-state index in [2.05, 4.69) is 16.0 Å². The van der Waals surface area contributed by atoms with E-state index in [-0.39, 0.29) is 31.3 Å². The van der Waals surface area contributed by atoms with Crippen LogP contribution in [-0.2, 0) is 16.1 Å². The summed E-state index contributed by atoms with van der Waals surface area (Å²) in [6.45, 7) is 5.73. The number of amides is 3. The molecule has 2 aromatic carbocycles. The highest BCUT2D eigenvalue weighted by Gasteiger charge is 2.16. The van der Waals surface area contributed by atoms with Gasteiger partial charge in [-0.15, -0.1) is 0 Å². The van der Waals surface area contributed by atoms with Crippen LogP contribution in [0.4, 0.5) is 10.5 Å². The van der Waals surface area contributed by atoms with Gasteiger partial charge in [0.1, 0.15) is 11.4 Å². The fourth-order valence-electron chi connectivity index (χ4n) is 2.70. The maximum Gasteiger partial charge on any atom is 0.407 e. The van der Waals surface area contributed by atoms with Gasteiger partial charge in [-0.3, -0.25) is 9.59 Å². The van der Waals surface area contributed by atoms with Gasteiger partial charge in [-0.2, -0.15) is 0 Å². The summed E-state index contributed by atoms with van der Waals surface area (Å²) in [5, 5.41) is 8.54. The number of carbonyl (C=O) groups excluding carboxylic acids is 3. The zero-order valence-corrected chi connectivity index (χ0v) is 19.3. The zero-order chi connectivity index (χ0) is 23.7. The molecule has 0 fully saturated rings. The first kappa shape index (κ1) is 25.0. The molecule has 2 aromatic rings. The number of carbonyl (C=O) groups is 3. The fraction of sp³-hybridized carbons (Fsp3) is 0.348. The molecule has 0 unspecified atom stereocenters. The van der Waals surface area contributed by atoms with E-state index in [9.17, 15) is 14.4 Å². The number of anilines is 1. The van der Waals surface area contributed by atoms with Gasteiger partial charge in [0.2, 0.25) is 5.91 Å². The van der Waals surface area contributed by atoms with E-state index in [0.29, 0.717) is 22.0 Å². The second kappa shape index (κ2) is 11.4. The largest absolute Gasteiger partial charge is 0.496 e. The Hall–Kier alpha value is -3.26. The molecule has 0 aliphatic rings. The maximum absolute atomic E-state index is 12.6. The van der Waals surface area contributed by atoms with Gasteiger partial charge in [0, 0.05) is 30.2 Å². The van der Waals surface area contributed by atoms with Crippen molar-refractivity contribution in [3.63, 3.8) is 0 Å². The second-order valence-electron chi connectivity index (χ2n) is 7.95. The van der Waals surface area contributed by atoms with Crippen molar-refractivity contribution in [3.8, 4) is 5.75 Å². The van der Waals surface area contributed by atoms with Crippen LogP contribution in [0.3, 0.4) is 0 Å². The summed E-state index contributed by atoms with van der Waals surface area (Å²) in [6, 6.07) is 11.9. The van der Waals surface area contributed by atoms with Crippen molar-refractivity contribution in [1.82, 2.24) is 10.6 Å². The van der Waals surface area contributed by atoms with Crippen molar-refractivity contribution >= 4 is 35.2 Å². The number of nitrogens with one attached hydrogen (secondary N) is 3. The second-order valence-corrected chi connectivity index (χ2v) is 8.39. The Bertz CT molecular complexity index is 972. The Labute approximate surface area is 192 Å². The van der Waals surface area contributed by atoms with E-state index in [1.165, 1.54) is 13.2 Å². The minimum atomic E-state index is -0.593. The molecule has 9 heteroatoms. The molecule has 3 N–H and O–H groups in total. The summed E-state index contributed by atoms with van der Waals surface area (Å²) < 4.78 is 10.3. The Morgan fingerprint density at radius 2 is 1.78 bits per heavy atom. The normalized spacial score (nSPS) is 10.8. The van der Waals surface area contributed by atoms with Crippen LogP contribution in [-0.4, -0.2) is 37.2 Å². The number of benzene rings is 2. The average molecular weight is 462 g/mol. The number of ether oxygens (including phenoxy) is 2. The Morgan fingerprint density at radius 3 is 2.47 bits per heavy atom. The van der Waals surface area contributed by atoms with E-state index in [1.54, 1.807) is 51.1 Å². The van der Waals surface area contributed by atoms with Gasteiger partial charge in [-0.25, -0.2) is 4.79 Å². The molecular weight excluding hydrogens is 434 g/mol. The smallest absolute Gasteiger partial charge is 0.407 e. The molecule has 0 saturated heterocycles. The molecule has 0 radical (unpaired) electrons. The van der Waals surface area contributed by atoms with Gasteiger partial charge in [-0.05, 0) is 56.7 Å². The molecule has 0 saturated carbocycles. The van der Waals surface area contributed by atoms with Crippen LogP contribution in [0.5, 0.6) is 5.75 Å². The van der Waals surface area contributed by atoms with Crippen molar-refractivity contribution in [2.24, 2.45) is 0 Å². The Balaban J connectivity index is 1.85. The molecule has 0 aliphatic carbocycles. The van der Waals surface area contributed by atoms with Crippen LogP contribution < -0.4 is 20.7 Å². The van der Waals surface area contributed by atoms with Crippen molar-refractivity contribution in [2.75, 3.05) is 19.0 Å². The molecule has 0 bridgehead atoms. The predicted octanol–water partition coefficient (Wildman–Crippen LogP) is 4.13. The van der Waals surface area contributed by atoms with Gasteiger partial charge in [0.25, 0.3) is 5.91 Å². The van der Waals surface area contributed by atoms with Crippen molar-refractivity contribution in [2.45, 2.75) is 39.3 Å². The summed E-state index contributed by atoms with van der Waals surface area (Å²) in [7, 11) is 1.48. The van der Waals surface area contributed by atoms with Crippen LogP contribution in [0.15, 0.2) is 42.5 Å². The lowest BCUT2D eigenvalue weighted by Gasteiger charge is -2.19. The molecule has 8 nitrogen and oxygen atoms in total. The van der Waals surface area contributed by atoms with Gasteiger partial charge in [0.15, 0.2) is 0 Å². The lowest BCUT2D eigenvalue weighted by Crippen LogP contribution is -2.35. The third-order valence-electron chi connectivity index (χ3n) is 4.10. The first-order chi connectivity index (χ1) is 15.1. The molecular formula is C23H28ClN3O5. The molecule has 0 aromatic heterocycles. The molecule has 0 spiro atoms. The Morgan fingerprint density at radius 1 is 1.03 bits per heavy atom. The fourth-order valence-corrected chi connectivity index (χ4v) is 2.87. The minimum Gasteiger partial charge on any atom is -0.496 e. The number of halogens is 1. The minimum absolute atomic E-state index is 0.115. The predicted molar refractivity (Wildman–Crippen MR) is 123 cm³/mol. The molecule has 0 aliphatic heterocycles. The molecule has 2 rings (SSSR count). The van der Waals surface area contributed by atoms with Crippen molar-refractivity contribution in [1.29, 1.82) is 0 Å².